The van der Waals surface area contributed by atoms with Gasteiger partial charge in [0, 0.05) is 25.8 Å². The van der Waals surface area contributed by atoms with Crippen molar-refractivity contribution in [2.45, 2.75) is 31.8 Å². The van der Waals surface area contributed by atoms with Gasteiger partial charge in [0.1, 0.15) is 0 Å². The number of hydrogen-bond acceptors (Lipinski definition) is 4. The Morgan fingerprint density at radius 2 is 2.07 bits per heavy atom. The van der Waals surface area contributed by atoms with Gasteiger partial charge in [-0.25, -0.2) is 0 Å². The lowest BCUT2D eigenvalue weighted by Crippen LogP contribution is -2.51. The van der Waals surface area contributed by atoms with Gasteiger partial charge in [0.05, 0.1) is 6.61 Å². The minimum Gasteiger partial charge on any atom is -0.395 e. The van der Waals surface area contributed by atoms with Crippen LogP contribution in [0.3, 0.4) is 0 Å². The minimum absolute atomic E-state index is 0.0361. The van der Waals surface area contributed by atoms with E-state index < -0.39 is 0 Å². The van der Waals surface area contributed by atoms with Crippen LogP contribution in [-0.2, 0) is 4.74 Å². The van der Waals surface area contributed by atoms with Gasteiger partial charge in [0.25, 0.3) is 0 Å². The van der Waals surface area contributed by atoms with Crippen molar-refractivity contribution in [1.29, 1.82) is 0 Å². The standard InChI is InChI=1S/C11H24N2O2/c1-9(12)11(7-14)13-5-3-10(4-6-13)8-15-2/h9-11,14H,3-8,12H2,1-2H3. The van der Waals surface area contributed by atoms with Crippen LogP contribution in [0, 0.1) is 5.92 Å². The molecular weight excluding hydrogens is 192 g/mol. The zero-order chi connectivity index (χ0) is 11.3. The summed E-state index contributed by atoms with van der Waals surface area (Å²) in [6.07, 6.45) is 2.30. The lowest BCUT2D eigenvalue weighted by Gasteiger charge is -2.38. The van der Waals surface area contributed by atoms with Crippen LogP contribution in [-0.4, -0.2) is 55.5 Å². The van der Waals surface area contributed by atoms with Crippen LogP contribution in [0.15, 0.2) is 0 Å². The Bertz CT molecular complexity index is 168. The van der Waals surface area contributed by atoms with E-state index in [0.29, 0.717) is 5.92 Å². The van der Waals surface area contributed by atoms with Crippen LogP contribution in [0.2, 0.25) is 0 Å². The lowest BCUT2D eigenvalue weighted by atomic mass is 9.95. The smallest absolute Gasteiger partial charge is 0.0601 e. The molecule has 2 atom stereocenters. The van der Waals surface area contributed by atoms with Crippen molar-refractivity contribution in [3.8, 4) is 0 Å². The normalized spacial score (nSPS) is 24.0. The Kier molecular flexibility index (Phi) is 5.53. The average molecular weight is 216 g/mol. The highest BCUT2D eigenvalue weighted by Crippen LogP contribution is 2.19. The summed E-state index contributed by atoms with van der Waals surface area (Å²) < 4.78 is 5.16. The van der Waals surface area contributed by atoms with E-state index in [2.05, 4.69) is 4.90 Å². The zero-order valence-corrected chi connectivity index (χ0v) is 9.85. The summed E-state index contributed by atoms with van der Waals surface area (Å²) >= 11 is 0. The lowest BCUT2D eigenvalue weighted by molar-refractivity contribution is 0.0513. The largest absolute Gasteiger partial charge is 0.395 e. The van der Waals surface area contributed by atoms with E-state index in [-0.39, 0.29) is 18.7 Å². The van der Waals surface area contributed by atoms with E-state index in [1.54, 1.807) is 7.11 Å². The van der Waals surface area contributed by atoms with Gasteiger partial charge >= 0.3 is 0 Å². The van der Waals surface area contributed by atoms with Gasteiger partial charge in [-0.2, -0.15) is 0 Å². The summed E-state index contributed by atoms with van der Waals surface area (Å²) in [7, 11) is 1.75. The van der Waals surface area contributed by atoms with Gasteiger partial charge in [-0.3, -0.25) is 4.90 Å². The van der Waals surface area contributed by atoms with Crippen molar-refractivity contribution >= 4 is 0 Å². The number of nitrogens with zero attached hydrogens (tertiary/aromatic N) is 1. The molecule has 1 saturated heterocycles. The SMILES string of the molecule is COCC1CCN(C(CO)C(C)N)CC1. The summed E-state index contributed by atoms with van der Waals surface area (Å²) in [5.41, 5.74) is 5.84. The summed E-state index contributed by atoms with van der Waals surface area (Å²) in [4.78, 5) is 2.30. The Morgan fingerprint density at radius 1 is 1.47 bits per heavy atom. The summed E-state index contributed by atoms with van der Waals surface area (Å²) in [5.74, 6) is 0.679. The molecule has 0 aromatic heterocycles. The molecule has 0 aromatic carbocycles. The highest BCUT2D eigenvalue weighted by Gasteiger charge is 2.26. The molecule has 1 fully saturated rings. The van der Waals surface area contributed by atoms with Crippen molar-refractivity contribution in [1.82, 2.24) is 4.90 Å². The molecule has 0 bridgehead atoms. The zero-order valence-electron chi connectivity index (χ0n) is 9.85. The molecule has 0 amide bonds. The number of nitrogens with two attached hydrogens (primary N) is 1. The van der Waals surface area contributed by atoms with Gasteiger partial charge in [-0.05, 0) is 38.8 Å². The van der Waals surface area contributed by atoms with Gasteiger partial charge < -0.3 is 15.6 Å². The van der Waals surface area contributed by atoms with Gasteiger partial charge in [0.15, 0.2) is 0 Å². The van der Waals surface area contributed by atoms with Crippen molar-refractivity contribution in [2.75, 3.05) is 33.4 Å². The molecule has 4 nitrogen and oxygen atoms in total. The van der Waals surface area contributed by atoms with Gasteiger partial charge in [0.2, 0.25) is 0 Å². The molecule has 1 aliphatic rings. The van der Waals surface area contributed by atoms with Crippen LogP contribution in [0.5, 0.6) is 0 Å². The number of hydrogen-bond donors (Lipinski definition) is 2. The first-order valence-corrected chi connectivity index (χ1v) is 5.78. The second kappa shape index (κ2) is 6.43. The van der Waals surface area contributed by atoms with Crippen LogP contribution in [0.25, 0.3) is 0 Å². The molecule has 1 rings (SSSR count). The third-order valence-corrected chi connectivity index (χ3v) is 3.31. The molecule has 1 aliphatic heterocycles. The Morgan fingerprint density at radius 3 is 2.47 bits per heavy atom. The minimum atomic E-state index is 0.0361. The van der Waals surface area contributed by atoms with Crippen LogP contribution in [0.4, 0.5) is 0 Å². The number of aliphatic hydroxyl groups excluding tert-OH is 1. The molecule has 4 heteroatoms. The van der Waals surface area contributed by atoms with E-state index in [1.165, 1.54) is 0 Å². The molecule has 0 saturated carbocycles. The maximum atomic E-state index is 9.27. The van der Waals surface area contributed by atoms with E-state index in [4.69, 9.17) is 10.5 Å². The number of aliphatic hydroxyl groups is 1. The van der Waals surface area contributed by atoms with Crippen LogP contribution < -0.4 is 5.73 Å². The number of piperidine rings is 1. The Labute approximate surface area is 92.4 Å². The number of ether oxygens (including phenoxy) is 1. The van der Waals surface area contributed by atoms with Crippen LogP contribution >= 0.6 is 0 Å². The van der Waals surface area contributed by atoms with Crippen molar-refractivity contribution in [3.63, 3.8) is 0 Å². The summed E-state index contributed by atoms with van der Waals surface area (Å²) in [6, 6.07) is 0.155. The van der Waals surface area contributed by atoms with E-state index in [0.717, 1.165) is 32.5 Å². The molecule has 1 heterocycles. The molecule has 0 spiro atoms. The average Bonchev–Trinajstić information content (AvgIpc) is 2.21. The summed E-state index contributed by atoms with van der Waals surface area (Å²) in [5, 5.41) is 9.27. The Balaban J connectivity index is 2.35. The maximum Gasteiger partial charge on any atom is 0.0601 e. The van der Waals surface area contributed by atoms with E-state index in [9.17, 15) is 5.11 Å². The maximum absolute atomic E-state index is 9.27. The Hall–Kier alpha value is -0.160. The molecule has 15 heavy (non-hydrogen) atoms. The van der Waals surface area contributed by atoms with Gasteiger partial charge in [-0.15, -0.1) is 0 Å². The second-order valence-corrected chi connectivity index (χ2v) is 4.54. The second-order valence-electron chi connectivity index (χ2n) is 4.54. The predicted molar refractivity (Wildman–Crippen MR) is 60.7 cm³/mol. The fourth-order valence-corrected chi connectivity index (χ4v) is 2.30. The highest BCUT2D eigenvalue weighted by atomic mass is 16.5. The molecule has 0 aromatic rings. The van der Waals surface area contributed by atoms with Crippen molar-refractivity contribution in [2.24, 2.45) is 11.7 Å². The monoisotopic (exact) mass is 216 g/mol. The molecular formula is C11H24N2O2. The van der Waals surface area contributed by atoms with E-state index >= 15 is 0 Å². The van der Waals surface area contributed by atoms with E-state index in [1.807, 2.05) is 6.92 Å². The first-order chi connectivity index (χ1) is 7.19. The number of rotatable bonds is 5. The quantitative estimate of drug-likeness (QED) is 0.682. The number of likely N-dealkylation sites (tertiary alicyclic amines) is 1. The van der Waals surface area contributed by atoms with Crippen molar-refractivity contribution < 1.29 is 9.84 Å². The third-order valence-electron chi connectivity index (χ3n) is 3.31. The van der Waals surface area contributed by atoms with Crippen molar-refractivity contribution in [3.05, 3.63) is 0 Å². The predicted octanol–water partition coefficient (Wildman–Crippen LogP) is 0.0529. The summed E-state index contributed by atoms with van der Waals surface area (Å²) in [6.45, 7) is 5.03. The van der Waals surface area contributed by atoms with Crippen LogP contribution in [0.1, 0.15) is 19.8 Å². The first kappa shape index (κ1) is 12.9. The highest BCUT2D eigenvalue weighted by molar-refractivity contribution is 4.82. The van der Waals surface area contributed by atoms with Gasteiger partial charge in [-0.1, -0.05) is 0 Å². The first-order valence-electron chi connectivity index (χ1n) is 5.78. The third kappa shape index (κ3) is 3.72. The molecule has 0 radical (unpaired) electrons. The topological polar surface area (TPSA) is 58.7 Å². The number of methoxy groups -OCH3 is 1. The molecule has 3 N–H and O–H groups in total. The fraction of sp³-hybridized carbons (Fsp3) is 1.00. The molecule has 0 aliphatic carbocycles. The molecule has 90 valence electrons. The fourth-order valence-electron chi connectivity index (χ4n) is 2.30. The molecule has 2 unspecified atom stereocenters.